The maximum absolute atomic E-state index is 4.66. The summed E-state index contributed by atoms with van der Waals surface area (Å²) in [6.45, 7) is 9.87. The highest BCUT2D eigenvalue weighted by Gasteiger charge is 2.25. The number of rotatable bonds is 5. The van der Waals surface area contributed by atoms with Gasteiger partial charge in [-0.15, -0.1) is 0 Å². The maximum Gasteiger partial charge on any atom is 0.150 e. The minimum absolute atomic E-state index is 0.484. The predicted octanol–water partition coefficient (Wildman–Crippen LogP) is 2.76. The van der Waals surface area contributed by atoms with Crippen LogP contribution in [0.2, 0.25) is 0 Å². The Bertz CT molecular complexity index is 643. The van der Waals surface area contributed by atoms with E-state index in [4.69, 9.17) is 0 Å². The average molecular weight is 312 g/mol. The Labute approximate surface area is 137 Å². The number of aryl methyl sites for hydroxylation is 1. The van der Waals surface area contributed by atoms with Crippen molar-refractivity contribution in [3.05, 3.63) is 36.2 Å². The van der Waals surface area contributed by atoms with Crippen LogP contribution in [0, 0.1) is 12.8 Å². The number of likely N-dealkylation sites (tertiary alicyclic amines) is 1. The zero-order chi connectivity index (χ0) is 16.2. The van der Waals surface area contributed by atoms with Gasteiger partial charge in [-0.25, -0.2) is 15.0 Å². The number of nitrogens with zero attached hydrogens (tertiary/aromatic N) is 5. The molecule has 0 spiro atoms. The van der Waals surface area contributed by atoms with Crippen LogP contribution in [0.15, 0.2) is 24.7 Å². The van der Waals surface area contributed by atoms with Crippen LogP contribution in [0.1, 0.15) is 37.7 Å². The predicted molar refractivity (Wildman–Crippen MR) is 90.7 cm³/mol. The summed E-state index contributed by atoms with van der Waals surface area (Å²) in [6.07, 6.45) is 6.17. The maximum atomic E-state index is 4.66. The Kier molecular flexibility index (Phi) is 4.81. The summed E-state index contributed by atoms with van der Waals surface area (Å²) in [5, 5.41) is 3.21. The second kappa shape index (κ2) is 7.00. The van der Waals surface area contributed by atoms with Crippen LogP contribution in [0.4, 0.5) is 11.6 Å². The van der Waals surface area contributed by atoms with Crippen LogP contribution < -0.4 is 5.32 Å². The molecule has 122 valence electrons. The van der Waals surface area contributed by atoms with Gasteiger partial charge in [0.25, 0.3) is 0 Å². The molecule has 1 unspecified atom stereocenters. The normalized spacial score (nSPS) is 18.5. The largest absolute Gasteiger partial charge is 0.324 e. The SMILES string of the molecule is Cc1nc(Nc2cnccn2)cc(C2CCN(CC(C)C)C2)n1. The monoisotopic (exact) mass is 312 g/mol. The molecule has 2 aromatic heterocycles. The van der Waals surface area contributed by atoms with E-state index in [1.54, 1.807) is 18.6 Å². The highest BCUT2D eigenvalue weighted by molar-refractivity contribution is 5.50. The molecule has 1 aliphatic rings. The molecule has 1 fully saturated rings. The number of nitrogens with one attached hydrogen (secondary N) is 1. The Balaban J connectivity index is 1.73. The molecule has 3 heterocycles. The van der Waals surface area contributed by atoms with Gasteiger partial charge in [0.05, 0.1) is 11.9 Å². The van der Waals surface area contributed by atoms with Crippen molar-refractivity contribution in [2.24, 2.45) is 5.92 Å². The molecule has 2 aromatic rings. The van der Waals surface area contributed by atoms with Crippen LogP contribution in [0.25, 0.3) is 0 Å². The molecule has 6 nitrogen and oxygen atoms in total. The van der Waals surface area contributed by atoms with Gasteiger partial charge >= 0.3 is 0 Å². The van der Waals surface area contributed by atoms with Crippen LogP contribution >= 0.6 is 0 Å². The summed E-state index contributed by atoms with van der Waals surface area (Å²) in [4.78, 5) is 20.0. The third-order valence-electron chi connectivity index (χ3n) is 3.99. The van der Waals surface area contributed by atoms with Crippen molar-refractivity contribution < 1.29 is 0 Å². The Morgan fingerprint density at radius 2 is 2.13 bits per heavy atom. The van der Waals surface area contributed by atoms with Crippen molar-refractivity contribution in [3.8, 4) is 0 Å². The molecular formula is C17H24N6. The Morgan fingerprint density at radius 3 is 2.87 bits per heavy atom. The third kappa shape index (κ3) is 4.22. The molecule has 0 bridgehead atoms. The van der Waals surface area contributed by atoms with Gasteiger partial charge in [0.1, 0.15) is 17.5 Å². The number of hydrogen-bond acceptors (Lipinski definition) is 6. The van der Waals surface area contributed by atoms with E-state index >= 15 is 0 Å². The van der Waals surface area contributed by atoms with E-state index in [2.05, 4.69) is 44.0 Å². The summed E-state index contributed by atoms with van der Waals surface area (Å²) >= 11 is 0. The van der Waals surface area contributed by atoms with Gasteiger partial charge in [0, 0.05) is 37.5 Å². The van der Waals surface area contributed by atoms with Gasteiger partial charge < -0.3 is 10.2 Å². The summed E-state index contributed by atoms with van der Waals surface area (Å²) in [5.41, 5.74) is 1.12. The number of anilines is 2. The number of aromatic nitrogens is 4. The molecule has 0 saturated carbocycles. The molecule has 3 rings (SSSR count). The molecule has 1 aliphatic heterocycles. The lowest BCUT2D eigenvalue weighted by Crippen LogP contribution is -2.25. The van der Waals surface area contributed by atoms with Crippen molar-refractivity contribution in [1.29, 1.82) is 0 Å². The molecule has 1 atom stereocenters. The molecule has 1 saturated heterocycles. The van der Waals surface area contributed by atoms with Crippen molar-refractivity contribution in [2.45, 2.75) is 33.1 Å². The van der Waals surface area contributed by atoms with Crippen LogP contribution in [-0.4, -0.2) is 44.5 Å². The first-order chi connectivity index (χ1) is 11.1. The smallest absolute Gasteiger partial charge is 0.150 e. The standard InChI is InChI=1S/C17H24N6/c1-12(2)10-23-7-4-14(11-23)15-8-16(21-13(3)20-15)22-17-9-18-5-6-19-17/h5-6,8-9,12,14H,4,7,10-11H2,1-3H3,(H,19,20,21,22). The molecular weight excluding hydrogens is 288 g/mol. The number of hydrogen-bond donors (Lipinski definition) is 1. The van der Waals surface area contributed by atoms with Crippen LogP contribution in [-0.2, 0) is 0 Å². The topological polar surface area (TPSA) is 66.8 Å². The summed E-state index contributed by atoms with van der Waals surface area (Å²) in [7, 11) is 0. The van der Waals surface area contributed by atoms with Gasteiger partial charge in [0.2, 0.25) is 0 Å². The molecule has 0 radical (unpaired) electrons. The fourth-order valence-corrected chi connectivity index (χ4v) is 3.12. The van der Waals surface area contributed by atoms with Crippen LogP contribution in [0.5, 0.6) is 0 Å². The van der Waals surface area contributed by atoms with Gasteiger partial charge in [-0.3, -0.25) is 4.98 Å². The molecule has 0 aliphatic carbocycles. The fourth-order valence-electron chi connectivity index (χ4n) is 3.12. The van der Waals surface area contributed by atoms with E-state index in [0.29, 0.717) is 17.7 Å². The first-order valence-corrected chi connectivity index (χ1v) is 8.21. The second-order valence-corrected chi connectivity index (χ2v) is 6.58. The van der Waals surface area contributed by atoms with Gasteiger partial charge in [-0.2, -0.15) is 0 Å². The fraction of sp³-hybridized carbons (Fsp3) is 0.529. The average Bonchev–Trinajstić information content (AvgIpc) is 2.95. The lowest BCUT2D eigenvalue weighted by Gasteiger charge is -2.18. The Morgan fingerprint density at radius 1 is 1.26 bits per heavy atom. The molecule has 1 N–H and O–H groups in total. The van der Waals surface area contributed by atoms with Gasteiger partial charge in [-0.1, -0.05) is 13.8 Å². The van der Waals surface area contributed by atoms with Gasteiger partial charge in [0.15, 0.2) is 0 Å². The van der Waals surface area contributed by atoms with E-state index in [1.807, 2.05) is 13.0 Å². The highest BCUT2D eigenvalue weighted by Crippen LogP contribution is 2.28. The molecule has 0 amide bonds. The minimum Gasteiger partial charge on any atom is -0.324 e. The lowest BCUT2D eigenvalue weighted by molar-refractivity contribution is 0.294. The Hall–Kier alpha value is -2.08. The first kappa shape index (κ1) is 15.8. The minimum atomic E-state index is 0.484. The molecule has 6 heteroatoms. The third-order valence-corrected chi connectivity index (χ3v) is 3.99. The van der Waals surface area contributed by atoms with E-state index in [0.717, 1.165) is 43.4 Å². The second-order valence-electron chi connectivity index (χ2n) is 6.58. The first-order valence-electron chi connectivity index (χ1n) is 8.21. The van der Waals surface area contributed by atoms with E-state index in [9.17, 15) is 0 Å². The summed E-state index contributed by atoms with van der Waals surface area (Å²) < 4.78 is 0. The summed E-state index contributed by atoms with van der Waals surface area (Å²) in [6, 6.07) is 2.05. The molecule has 23 heavy (non-hydrogen) atoms. The highest BCUT2D eigenvalue weighted by atomic mass is 15.2. The van der Waals surface area contributed by atoms with E-state index in [1.165, 1.54) is 0 Å². The van der Waals surface area contributed by atoms with Crippen molar-refractivity contribution in [1.82, 2.24) is 24.8 Å². The lowest BCUT2D eigenvalue weighted by atomic mass is 10.0. The van der Waals surface area contributed by atoms with Crippen molar-refractivity contribution >= 4 is 11.6 Å². The van der Waals surface area contributed by atoms with Crippen LogP contribution in [0.3, 0.4) is 0 Å². The van der Waals surface area contributed by atoms with E-state index in [-0.39, 0.29) is 0 Å². The summed E-state index contributed by atoms with van der Waals surface area (Å²) in [5.74, 6) is 3.46. The van der Waals surface area contributed by atoms with E-state index < -0.39 is 0 Å². The van der Waals surface area contributed by atoms with Gasteiger partial charge in [-0.05, 0) is 25.8 Å². The quantitative estimate of drug-likeness (QED) is 0.915. The zero-order valence-electron chi connectivity index (χ0n) is 14.0. The molecule has 0 aromatic carbocycles. The van der Waals surface area contributed by atoms with Crippen molar-refractivity contribution in [2.75, 3.05) is 25.0 Å². The van der Waals surface area contributed by atoms with Crippen molar-refractivity contribution in [3.63, 3.8) is 0 Å². The zero-order valence-corrected chi connectivity index (χ0v) is 14.0.